The standard InChI is InChI=1S/C13H22N2O3/c1-4-5-6-7-10-14-12(18)15-13(2,3)9-8-11(16)17/h1H,5-10H2,2-3H3,(H,16,17)(H2,14,15,18). The Morgan fingerprint density at radius 2 is 2.00 bits per heavy atom. The average molecular weight is 254 g/mol. The Hall–Kier alpha value is -1.70. The third-order valence-corrected chi connectivity index (χ3v) is 2.45. The first-order chi connectivity index (χ1) is 8.37. The average Bonchev–Trinajstić information content (AvgIpc) is 2.26. The molecule has 3 N–H and O–H groups in total. The lowest BCUT2D eigenvalue weighted by Gasteiger charge is -2.25. The summed E-state index contributed by atoms with van der Waals surface area (Å²) in [6.07, 6.45) is 7.99. The van der Waals surface area contributed by atoms with Crippen molar-refractivity contribution in [3.63, 3.8) is 0 Å². The molecule has 0 rings (SSSR count). The van der Waals surface area contributed by atoms with Crippen molar-refractivity contribution in [3.8, 4) is 12.3 Å². The van der Waals surface area contributed by atoms with E-state index in [0.29, 0.717) is 19.4 Å². The van der Waals surface area contributed by atoms with Gasteiger partial charge in [-0.25, -0.2) is 4.79 Å². The molecule has 0 heterocycles. The fraction of sp³-hybridized carbons (Fsp3) is 0.692. The molecular weight excluding hydrogens is 232 g/mol. The molecule has 0 aromatic carbocycles. The summed E-state index contributed by atoms with van der Waals surface area (Å²) in [6, 6.07) is -0.272. The van der Waals surface area contributed by atoms with Gasteiger partial charge in [-0.15, -0.1) is 12.3 Å². The number of nitrogens with one attached hydrogen (secondary N) is 2. The van der Waals surface area contributed by atoms with Gasteiger partial charge < -0.3 is 15.7 Å². The van der Waals surface area contributed by atoms with Crippen LogP contribution in [0.4, 0.5) is 4.79 Å². The Balaban J connectivity index is 3.78. The lowest BCUT2D eigenvalue weighted by Crippen LogP contribution is -2.48. The minimum Gasteiger partial charge on any atom is -0.481 e. The first-order valence-corrected chi connectivity index (χ1v) is 6.08. The maximum atomic E-state index is 11.5. The van der Waals surface area contributed by atoms with Crippen LogP contribution in [0.15, 0.2) is 0 Å². The van der Waals surface area contributed by atoms with Crippen LogP contribution in [0.5, 0.6) is 0 Å². The quantitative estimate of drug-likeness (QED) is 0.456. The fourth-order valence-electron chi connectivity index (χ4n) is 1.39. The molecule has 0 aliphatic heterocycles. The summed E-state index contributed by atoms with van der Waals surface area (Å²) in [7, 11) is 0. The van der Waals surface area contributed by atoms with E-state index >= 15 is 0 Å². The van der Waals surface area contributed by atoms with Crippen molar-refractivity contribution >= 4 is 12.0 Å². The van der Waals surface area contributed by atoms with Gasteiger partial charge in [0, 0.05) is 24.9 Å². The van der Waals surface area contributed by atoms with E-state index in [-0.39, 0.29) is 12.5 Å². The number of rotatable bonds is 8. The van der Waals surface area contributed by atoms with E-state index in [9.17, 15) is 9.59 Å². The van der Waals surface area contributed by atoms with Crippen LogP contribution in [0.3, 0.4) is 0 Å². The highest BCUT2D eigenvalue weighted by Gasteiger charge is 2.21. The Morgan fingerprint density at radius 1 is 1.33 bits per heavy atom. The van der Waals surface area contributed by atoms with Gasteiger partial charge in [0.1, 0.15) is 0 Å². The second-order valence-electron chi connectivity index (χ2n) is 4.82. The molecule has 0 bridgehead atoms. The predicted molar refractivity (Wildman–Crippen MR) is 70.2 cm³/mol. The summed E-state index contributed by atoms with van der Waals surface area (Å²) in [5, 5.41) is 14.1. The molecule has 0 radical (unpaired) electrons. The van der Waals surface area contributed by atoms with E-state index in [4.69, 9.17) is 11.5 Å². The predicted octanol–water partition coefficient (Wildman–Crippen LogP) is 1.73. The first kappa shape index (κ1) is 16.3. The minimum absolute atomic E-state index is 0.0372. The summed E-state index contributed by atoms with van der Waals surface area (Å²) < 4.78 is 0. The van der Waals surface area contributed by atoms with E-state index in [0.717, 1.165) is 12.8 Å². The summed E-state index contributed by atoms with van der Waals surface area (Å²) in [4.78, 5) is 22.0. The molecule has 0 unspecified atom stereocenters. The molecule has 102 valence electrons. The van der Waals surface area contributed by atoms with E-state index in [2.05, 4.69) is 16.6 Å². The molecule has 0 saturated heterocycles. The van der Waals surface area contributed by atoms with E-state index in [1.165, 1.54) is 0 Å². The summed E-state index contributed by atoms with van der Waals surface area (Å²) in [5.41, 5.74) is -0.527. The molecule has 0 aliphatic carbocycles. The van der Waals surface area contributed by atoms with Crippen LogP contribution in [0.25, 0.3) is 0 Å². The Kier molecular flexibility index (Phi) is 7.61. The van der Waals surface area contributed by atoms with Crippen molar-refractivity contribution in [2.45, 2.75) is 51.5 Å². The zero-order valence-electron chi connectivity index (χ0n) is 11.1. The number of carboxylic acid groups (broad SMARTS) is 1. The fourth-order valence-corrected chi connectivity index (χ4v) is 1.39. The number of carbonyl (C=O) groups is 2. The molecule has 0 fully saturated rings. The highest BCUT2D eigenvalue weighted by atomic mass is 16.4. The lowest BCUT2D eigenvalue weighted by molar-refractivity contribution is -0.137. The highest BCUT2D eigenvalue weighted by Crippen LogP contribution is 2.10. The van der Waals surface area contributed by atoms with Crippen LogP contribution in [0, 0.1) is 12.3 Å². The van der Waals surface area contributed by atoms with Crippen molar-refractivity contribution in [3.05, 3.63) is 0 Å². The molecular formula is C13H22N2O3. The topological polar surface area (TPSA) is 78.4 Å². The maximum absolute atomic E-state index is 11.5. The maximum Gasteiger partial charge on any atom is 0.315 e. The molecule has 0 atom stereocenters. The summed E-state index contributed by atoms with van der Waals surface area (Å²) >= 11 is 0. The van der Waals surface area contributed by atoms with Crippen LogP contribution < -0.4 is 10.6 Å². The SMILES string of the molecule is C#CCCCCNC(=O)NC(C)(C)CCC(=O)O. The molecule has 18 heavy (non-hydrogen) atoms. The number of carbonyl (C=O) groups excluding carboxylic acids is 1. The van der Waals surface area contributed by atoms with Gasteiger partial charge in [-0.2, -0.15) is 0 Å². The number of urea groups is 1. The van der Waals surface area contributed by atoms with Gasteiger partial charge in [0.15, 0.2) is 0 Å². The Labute approximate surface area is 108 Å². The van der Waals surface area contributed by atoms with Gasteiger partial charge in [-0.05, 0) is 33.1 Å². The third kappa shape index (κ3) is 9.52. The molecule has 5 heteroatoms. The largest absolute Gasteiger partial charge is 0.481 e. The smallest absolute Gasteiger partial charge is 0.315 e. The molecule has 0 aromatic heterocycles. The number of hydrogen-bond acceptors (Lipinski definition) is 2. The van der Waals surface area contributed by atoms with Crippen LogP contribution >= 0.6 is 0 Å². The second kappa shape index (κ2) is 8.40. The number of aliphatic carboxylic acids is 1. The lowest BCUT2D eigenvalue weighted by atomic mass is 9.99. The molecule has 0 aromatic rings. The number of carboxylic acids is 1. The van der Waals surface area contributed by atoms with E-state index in [1.807, 2.05) is 0 Å². The molecule has 0 aliphatic rings. The monoisotopic (exact) mass is 254 g/mol. The van der Waals surface area contributed by atoms with Gasteiger partial charge in [-0.3, -0.25) is 4.79 Å². The second-order valence-corrected chi connectivity index (χ2v) is 4.82. The van der Waals surface area contributed by atoms with Gasteiger partial charge in [-0.1, -0.05) is 0 Å². The molecule has 5 nitrogen and oxygen atoms in total. The minimum atomic E-state index is -0.862. The molecule has 0 spiro atoms. The van der Waals surface area contributed by atoms with E-state index in [1.54, 1.807) is 13.8 Å². The number of hydrogen-bond donors (Lipinski definition) is 3. The van der Waals surface area contributed by atoms with Crippen molar-refractivity contribution < 1.29 is 14.7 Å². The normalized spacial score (nSPS) is 10.5. The zero-order chi connectivity index (χ0) is 14.0. The first-order valence-electron chi connectivity index (χ1n) is 6.08. The van der Waals surface area contributed by atoms with Crippen LogP contribution in [-0.2, 0) is 4.79 Å². The number of amides is 2. The van der Waals surface area contributed by atoms with Gasteiger partial charge in [0.25, 0.3) is 0 Å². The van der Waals surface area contributed by atoms with Crippen molar-refractivity contribution in [1.82, 2.24) is 10.6 Å². The third-order valence-electron chi connectivity index (χ3n) is 2.45. The van der Waals surface area contributed by atoms with Crippen LogP contribution in [-0.4, -0.2) is 29.2 Å². The summed E-state index contributed by atoms with van der Waals surface area (Å²) in [6.45, 7) is 4.17. The highest BCUT2D eigenvalue weighted by molar-refractivity contribution is 5.74. The van der Waals surface area contributed by atoms with Crippen LogP contribution in [0.1, 0.15) is 46.0 Å². The number of terminal acetylenes is 1. The van der Waals surface area contributed by atoms with Crippen molar-refractivity contribution in [2.75, 3.05) is 6.54 Å². The van der Waals surface area contributed by atoms with Gasteiger partial charge >= 0.3 is 12.0 Å². The van der Waals surface area contributed by atoms with Crippen molar-refractivity contribution in [2.24, 2.45) is 0 Å². The van der Waals surface area contributed by atoms with Crippen molar-refractivity contribution in [1.29, 1.82) is 0 Å². The Morgan fingerprint density at radius 3 is 2.56 bits per heavy atom. The van der Waals surface area contributed by atoms with E-state index < -0.39 is 11.5 Å². The van der Waals surface area contributed by atoms with Crippen LogP contribution in [0.2, 0.25) is 0 Å². The van der Waals surface area contributed by atoms with Gasteiger partial charge in [0.05, 0.1) is 0 Å². The molecule has 0 saturated carbocycles. The zero-order valence-corrected chi connectivity index (χ0v) is 11.1. The Bertz CT molecular complexity index is 319. The number of unbranched alkanes of at least 4 members (excludes halogenated alkanes) is 2. The summed E-state index contributed by atoms with van der Waals surface area (Å²) in [5.74, 6) is 1.68. The van der Waals surface area contributed by atoms with Gasteiger partial charge in [0.2, 0.25) is 0 Å². The molecule has 2 amide bonds.